The number of benzene rings is 1. The van der Waals surface area contributed by atoms with Crippen molar-refractivity contribution in [1.82, 2.24) is 4.98 Å². The Morgan fingerprint density at radius 1 is 1.00 bits per heavy atom. The molecule has 1 aromatic heterocycles. The van der Waals surface area contributed by atoms with E-state index < -0.39 is 0 Å². The molecule has 0 aliphatic carbocycles. The second kappa shape index (κ2) is 5.11. The van der Waals surface area contributed by atoms with Gasteiger partial charge in [-0.25, -0.2) is 0 Å². The van der Waals surface area contributed by atoms with E-state index in [-0.39, 0.29) is 5.41 Å². The molecule has 2 aromatic rings. The van der Waals surface area contributed by atoms with Crippen LogP contribution in [-0.2, 0) is 5.41 Å². The smallest absolute Gasteiger partial charge is 0.0702 e. The van der Waals surface area contributed by atoms with Crippen LogP contribution in [0.25, 0.3) is 10.9 Å². The quantitative estimate of drug-likeness (QED) is 0.628. The summed E-state index contributed by atoms with van der Waals surface area (Å²) < 4.78 is 0. The molecular weight excluding hydrogens is 194 g/mol. The molecular formula is C15H21N. The summed E-state index contributed by atoms with van der Waals surface area (Å²) in [6, 6.07) is 10.6. The molecule has 0 spiro atoms. The Balaban J connectivity index is 0.000000606. The molecule has 0 radical (unpaired) electrons. The predicted molar refractivity (Wildman–Crippen MR) is 71.8 cm³/mol. The molecule has 1 nitrogen and oxygen atoms in total. The standard InChI is InChI=1S/C13H15N.C2H6/c1-13(2,3)11-6-7-12-10(9-11)5-4-8-14-12;1-2/h4-9H,1-3H3;1-2H3. The molecule has 0 amide bonds. The number of rotatable bonds is 0. The summed E-state index contributed by atoms with van der Waals surface area (Å²) >= 11 is 0. The fraction of sp³-hybridized carbons (Fsp3) is 0.400. The van der Waals surface area contributed by atoms with Crippen LogP contribution in [0.3, 0.4) is 0 Å². The van der Waals surface area contributed by atoms with Gasteiger partial charge >= 0.3 is 0 Å². The summed E-state index contributed by atoms with van der Waals surface area (Å²) in [6.45, 7) is 10.7. The zero-order valence-corrected chi connectivity index (χ0v) is 10.9. The van der Waals surface area contributed by atoms with Crippen molar-refractivity contribution in [1.29, 1.82) is 0 Å². The van der Waals surface area contributed by atoms with Gasteiger partial charge in [-0.15, -0.1) is 0 Å². The van der Waals surface area contributed by atoms with Crippen LogP contribution >= 0.6 is 0 Å². The van der Waals surface area contributed by atoms with Gasteiger partial charge in [0.1, 0.15) is 0 Å². The van der Waals surface area contributed by atoms with Crippen LogP contribution in [-0.4, -0.2) is 4.98 Å². The van der Waals surface area contributed by atoms with Gasteiger partial charge in [-0.3, -0.25) is 4.98 Å². The van der Waals surface area contributed by atoms with E-state index in [1.54, 1.807) is 0 Å². The van der Waals surface area contributed by atoms with Crippen LogP contribution in [0.15, 0.2) is 36.5 Å². The summed E-state index contributed by atoms with van der Waals surface area (Å²) in [7, 11) is 0. The molecule has 1 aromatic carbocycles. The summed E-state index contributed by atoms with van der Waals surface area (Å²) in [5, 5.41) is 1.22. The van der Waals surface area contributed by atoms with Gasteiger partial charge in [0.15, 0.2) is 0 Å². The Morgan fingerprint density at radius 3 is 2.31 bits per heavy atom. The lowest BCUT2D eigenvalue weighted by Gasteiger charge is -2.19. The summed E-state index contributed by atoms with van der Waals surface area (Å²) in [6.07, 6.45) is 1.83. The first-order valence-corrected chi connectivity index (χ1v) is 5.93. The number of hydrogen-bond donors (Lipinski definition) is 0. The molecule has 86 valence electrons. The number of fused-ring (bicyclic) bond motifs is 1. The predicted octanol–water partition coefficient (Wildman–Crippen LogP) is 4.56. The van der Waals surface area contributed by atoms with Crippen molar-refractivity contribution < 1.29 is 0 Å². The van der Waals surface area contributed by atoms with Crippen molar-refractivity contribution in [2.45, 2.75) is 40.0 Å². The molecule has 0 unspecified atom stereocenters. The van der Waals surface area contributed by atoms with E-state index in [2.05, 4.69) is 50.0 Å². The van der Waals surface area contributed by atoms with Gasteiger partial charge in [0, 0.05) is 11.6 Å². The van der Waals surface area contributed by atoms with Crippen LogP contribution in [0.4, 0.5) is 0 Å². The topological polar surface area (TPSA) is 12.9 Å². The van der Waals surface area contributed by atoms with Crippen LogP contribution in [0.5, 0.6) is 0 Å². The Hall–Kier alpha value is -1.37. The maximum Gasteiger partial charge on any atom is 0.0702 e. The van der Waals surface area contributed by atoms with Crippen molar-refractivity contribution in [2.24, 2.45) is 0 Å². The Morgan fingerprint density at radius 2 is 1.69 bits per heavy atom. The van der Waals surface area contributed by atoms with Crippen LogP contribution in [0, 0.1) is 0 Å². The third kappa shape index (κ3) is 2.82. The van der Waals surface area contributed by atoms with Crippen molar-refractivity contribution >= 4 is 10.9 Å². The molecule has 0 N–H and O–H groups in total. The lowest BCUT2D eigenvalue weighted by molar-refractivity contribution is 0.591. The van der Waals surface area contributed by atoms with E-state index in [9.17, 15) is 0 Å². The first kappa shape index (κ1) is 12.7. The highest BCUT2D eigenvalue weighted by atomic mass is 14.6. The van der Waals surface area contributed by atoms with Crippen molar-refractivity contribution in [3.8, 4) is 0 Å². The minimum absolute atomic E-state index is 0.212. The number of pyridine rings is 1. The monoisotopic (exact) mass is 215 g/mol. The van der Waals surface area contributed by atoms with Crippen molar-refractivity contribution in [2.75, 3.05) is 0 Å². The molecule has 1 heterocycles. The Labute approximate surface area is 98.5 Å². The Kier molecular flexibility index (Phi) is 4.05. The van der Waals surface area contributed by atoms with E-state index in [0.29, 0.717) is 0 Å². The van der Waals surface area contributed by atoms with E-state index in [1.165, 1.54) is 10.9 Å². The first-order valence-electron chi connectivity index (χ1n) is 5.93. The second-order valence-corrected chi connectivity index (χ2v) is 4.66. The molecule has 0 aliphatic rings. The van der Waals surface area contributed by atoms with E-state index >= 15 is 0 Å². The third-order valence-electron chi connectivity index (χ3n) is 2.47. The lowest BCUT2D eigenvalue weighted by Crippen LogP contribution is -2.10. The van der Waals surface area contributed by atoms with E-state index in [0.717, 1.165) is 5.52 Å². The fourth-order valence-corrected chi connectivity index (χ4v) is 1.54. The molecule has 0 saturated heterocycles. The van der Waals surface area contributed by atoms with Gasteiger partial charge in [-0.1, -0.05) is 46.8 Å². The fourth-order valence-electron chi connectivity index (χ4n) is 1.54. The molecule has 0 atom stereocenters. The summed E-state index contributed by atoms with van der Waals surface area (Å²) in [5.74, 6) is 0. The molecule has 16 heavy (non-hydrogen) atoms. The zero-order valence-electron chi connectivity index (χ0n) is 10.9. The lowest BCUT2D eigenvalue weighted by atomic mass is 9.86. The normalized spacial score (nSPS) is 10.8. The number of hydrogen-bond acceptors (Lipinski definition) is 1. The Bertz CT molecular complexity index is 452. The minimum Gasteiger partial charge on any atom is -0.256 e. The van der Waals surface area contributed by atoms with Crippen molar-refractivity contribution in [3.63, 3.8) is 0 Å². The highest BCUT2D eigenvalue weighted by molar-refractivity contribution is 5.79. The average molecular weight is 215 g/mol. The summed E-state index contributed by atoms with van der Waals surface area (Å²) in [4.78, 5) is 4.30. The SMILES string of the molecule is CC.CC(C)(C)c1ccc2ncccc2c1. The van der Waals surface area contributed by atoms with Gasteiger partial charge < -0.3 is 0 Å². The largest absolute Gasteiger partial charge is 0.256 e. The van der Waals surface area contributed by atoms with E-state index in [1.807, 2.05) is 26.1 Å². The number of aromatic nitrogens is 1. The van der Waals surface area contributed by atoms with Gasteiger partial charge in [0.25, 0.3) is 0 Å². The number of nitrogens with zero attached hydrogens (tertiary/aromatic N) is 1. The highest BCUT2D eigenvalue weighted by Crippen LogP contribution is 2.24. The molecule has 0 saturated carbocycles. The van der Waals surface area contributed by atoms with Crippen LogP contribution < -0.4 is 0 Å². The third-order valence-corrected chi connectivity index (χ3v) is 2.47. The molecule has 0 bridgehead atoms. The van der Waals surface area contributed by atoms with Gasteiger partial charge in [-0.2, -0.15) is 0 Å². The maximum atomic E-state index is 4.30. The van der Waals surface area contributed by atoms with E-state index in [4.69, 9.17) is 0 Å². The van der Waals surface area contributed by atoms with Gasteiger partial charge in [0.05, 0.1) is 5.52 Å². The van der Waals surface area contributed by atoms with Crippen LogP contribution in [0.1, 0.15) is 40.2 Å². The molecule has 2 rings (SSSR count). The average Bonchev–Trinajstić information content (AvgIpc) is 2.30. The summed E-state index contributed by atoms with van der Waals surface area (Å²) in [5.41, 5.74) is 2.64. The van der Waals surface area contributed by atoms with Crippen LogP contribution in [0.2, 0.25) is 0 Å². The molecule has 0 fully saturated rings. The molecule has 1 heteroatoms. The molecule has 0 aliphatic heterocycles. The van der Waals surface area contributed by atoms with Gasteiger partial charge in [-0.05, 0) is 29.2 Å². The highest BCUT2D eigenvalue weighted by Gasteiger charge is 2.13. The van der Waals surface area contributed by atoms with Crippen molar-refractivity contribution in [3.05, 3.63) is 42.1 Å². The minimum atomic E-state index is 0.212. The maximum absolute atomic E-state index is 4.30. The first-order chi connectivity index (χ1) is 7.57. The zero-order chi connectivity index (χ0) is 12.2. The second-order valence-electron chi connectivity index (χ2n) is 4.66. The van der Waals surface area contributed by atoms with Gasteiger partial charge in [0.2, 0.25) is 0 Å².